The number of halogens is 4. The molecule has 2 aromatic carbocycles. The average Bonchev–Trinajstić information content (AvgIpc) is 2.44. The van der Waals surface area contributed by atoms with E-state index < -0.39 is 11.6 Å². The zero-order valence-corrected chi connectivity index (χ0v) is 13.3. The fourth-order valence-electron chi connectivity index (χ4n) is 1.62. The minimum atomic E-state index is -0.676. The minimum Gasteiger partial charge on any atom is -0.489 e. The van der Waals surface area contributed by atoms with Crippen LogP contribution in [0.25, 0.3) is 0 Å². The Bertz CT molecular complexity index is 633. The smallest absolute Gasteiger partial charge is 0.146 e. The number of hydrogen-bond donors (Lipinski definition) is 1. The topological polar surface area (TPSA) is 29.5 Å². The van der Waals surface area contributed by atoms with Crippen molar-refractivity contribution in [2.24, 2.45) is 0 Å². The van der Waals surface area contributed by atoms with Gasteiger partial charge in [0, 0.05) is 4.47 Å². The molecule has 0 bridgehead atoms. The van der Waals surface area contributed by atoms with Gasteiger partial charge in [-0.15, -0.1) is 0 Å². The SMILES string of the molecule is OCc1cc(OCc2c(F)ccc(Br)c2F)ccc1Br. The number of aliphatic hydroxyl groups is 1. The standard InChI is InChI=1S/C14H10Br2F2O2/c15-11-2-1-9(5-8(11)6-19)20-7-10-13(17)4-3-12(16)14(10)18/h1-5,19H,6-7H2. The van der Waals surface area contributed by atoms with Crippen molar-refractivity contribution in [1.82, 2.24) is 0 Å². The third-order valence-corrected chi connectivity index (χ3v) is 4.10. The molecule has 0 aliphatic carbocycles. The van der Waals surface area contributed by atoms with Crippen LogP contribution in [0.1, 0.15) is 11.1 Å². The molecule has 0 spiro atoms. The highest BCUT2D eigenvalue weighted by Gasteiger charge is 2.13. The first kappa shape index (κ1) is 15.4. The van der Waals surface area contributed by atoms with Gasteiger partial charge in [-0.05, 0) is 51.8 Å². The van der Waals surface area contributed by atoms with Crippen molar-refractivity contribution in [2.75, 3.05) is 0 Å². The molecule has 2 rings (SSSR count). The van der Waals surface area contributed by atoms with Crippen LogP contribution in [0.5, 0.6) is 5.75 Å². The lowest BCUT2D eigenvalue weighted by atomic mass is 10.2. The Morgan fingerprint density at radius 1 is 1.05 bits per heavy atom. The largest absolute Gasteiger partial charge is 0.489 e. The molecule has 106 valence electrons. The molecule has 1 N–H and O–H groups in total. The van der Waals surface area contributed by atoms with Gasteiger partial charge in [0.25, 0.3) is 0 Å². The summed E-state index contributed by atoms with van der Waals surface area (Å²) in [5.74, 6) is -0.911. The second-order valence-corrected chi connectivity index (χ2v) is 5.73. The van der Waals surface area contributed by atoms with Crippen molar-refractivity contribution in [3.63, 3.8) is 0 Å². The molecule has 0 saturated carbocycles. The third-order valence-electron chi connectivity index (χ3n) is 2.71. The molecular weight excluding hydrogens is 398 g/mol. The second kappa shape index (κ2) is 6.65. The monoisotopic (exact) mass is 406 g/mol. The lowest BCUT2D eigenvalue weighted by Crippen LogP contribution is -2.03. The van der Waals surface area contributed by atoms with E-state index in [1.807, 2.05) is 0 Å². The van der Waals surface area contributed by atoms with Crippen LogP contribution < -0.4 is 4.74 Å². The highest BCUT2D eigenvalue weighted by atomic mass is 79.9. The van der Waals surface area contributed by atoms with Gasteiger partial charge in [0.15, 0.2) is 0 Å². The molecule has 20 heavy (non-hydrogen) atoms. The second-order valence-electron chi connectivity index (χ2n) is 4.02. The molecule has 0 aliphatic heterocycles. The van der Waals surface area contributed by atoms with Crippen molar-refractivity contribution in [3.8, 4) is 5.75 Å². The minimum absolute atomic E-state index is 0.146. The molecule has 6 heteroatoms. The number of aliphatic hydroxyl groups excluding tert-OH is 1. The highest BCUT2D eigenvalue weighted by molar-refractivity contribution is 9.10. The van der Waals surface area contributed by atoms with E-state index in [1.54, 1.807) is 18.2 Å². The van der Waals surface area contributed by atoms with E-state index in [2.05, 4.69) is 31.9 Å². The summed E-state index contributed by atoms with van der Waals surface area (Å²) in [4.78, 5) is 0. The van der Waals surface area contributed by atoms with Crippen LogP contribution in [0.2, 0.25) is 0 Å². The lowest BCUT2D eigenvalue weighted by Gasteiger charge is -2.10. The van der Waals surface area contributed by atoms with E-state index in [0.717, 1.165) is 4.47 Å². The van der Waals surface area contributed by atoms with Crippen molar-refractivity contribution in [3.05, 3.63) is 62.0 Å². The summed E-state index contributed by atoms with van der Waals surface area (Å²) in [6.45, 7) is -0.388. The third kappa shape index (κ3) is 3.37. The summed E-state index contributed by atoms with van der Waals surface area (Å²) in [7, 11) is 0. The van der Waals surface area contributed by atoms with Crippen molar-refractivity contribution in [1.29, 1.82) is 0 Å². The Hall–Kier alpha value is -0.980. The molecule has 0 aliphatic rings. The number of rotatable bonds is 4. The van der Waals surface area contributed by atoms with Gasteiger partial charge in [-0.2, -0.15) is 0 Å². The average molecular weight is 408 g/mol. The fourth-order valence-corrected chi connectivity index (χ4v) is 2.36. The lowest BCUT2D eigenvalue weighted by molar-refractivity contribution is 0.275. The van der Waals surface area contributed by atoms with E-state index in [4.69, 9.17) is 9.84 Å². The molecule has 0 amide bonds. The first-order valence-electron chi connectivity index (χ1n) is 5.67. The quantitative estimate of drug-likeness (QED) is 0.752. The Labute approximate surface area is 131 Å². The first-order chi connectivity index (χ1) is 9.52. The summed E-state index contributed by atoms with van der Waals surface area (Å²) in [5, 5.41) is 9.14. The van der Waals surface area contributed by atoms with Crippen LogP contribution in [-0.4, -0.2) is 5.11 Å². The van der Waals surface area contributed by atoms with Gasteiger partial charge in [-0.1, -0.05) is 15.9 Å². The van der Waals surface area contributed by atoms with E-state index in [-0.39, 0.29) is 23.2 Å². The Kier molecular flexibility index (Phi) is 5.12. The summed E-state index contributed by atoms with van der Waals surface area (Å²) in [6.07, 6.45) is 0. The van der Waals surface area contributed by atoms with Gasteiger partial charge in [0.2, 0.25) is 0 Å². The van der Waals surface area contributed by atoms with Crippen molar-refractivity contribution < 1.29 is 18.6 Å². The Morgan fingerprint density at radius 3 is 2.45 bits per heavy atom. The first-order valence-corrected chi connectivity index (χ1v) is 7.26. The summed E-state index contributed by atoms with van der Waals surface area (Å²) in [6, 6.07) is 7.44. The maximum absolute atomic E-state index is 13.8. The van der Waals surface area contributed by atoms with Crippen LogP contribution in [0.3, 0.4) is 0 Å². The Balaban J connectivity index is 2.19. The molecule has 0 saturated heterocycles. The summed E-state index contributed by atoms with van der Waals surface area (Å²) in [5.41, 5.74) is 0.491. The predicted octanol–water partition coefficient (Wildman–Crippen LogP) is 4.56. The van der Waals surface area contributed by atoms with Gasteiger partial charge >= 0.3 is 0 Å². The van der Waals surface area contributed by atoms with Gasteiger partial charge < -0.3 is 9.84 Å². The van der Waals surface area contributed by atoms with Crippen LogP contribution in [0, 0.1) is 11.6 Å². The molecule has 2 nitrogen and oxygen atoms in total. The van der Waals surface area contributed by atoms with Crippen molar-refractivity contribution >= 4 is 31.9 Å². The van der Waals surface area contributed by atoms with E-state index >= 15 is 0 Å². The van der Waals surface area contributed by atoms with E-state index in [9.17, 15) is 8.78 Å². The van der Waals surface area contributed by atoms with E-state index in [1.165, 1.54) is 12.1 Å². The van der Waals surface area contributed by atoms with Gasteiger partial charge in [0.05, 0.1) is 16.6 Å². The fraction of sp³-hybridized carbons (Fsp3) is 0.143. The van der Waals surface area contributed by atoms with Crippen LogP contribution in [0.4, 0.5) is 8.78 Å². The predicted molar refractivity (Wildman–Crippen MR) is 78.5 cm³/mol. The molecule has 0 fully saturated rings. The molecular formula is C14H10Br2F2O2. The number of hydrogen-bond acceptors (Lipinski definition) is 2. The molecule has 2 aromatic rings. The Morgan fingerprint density at radius 2 is 1.75 bits per heavy atom. The summed E-state index contributed by atoms with van der Waals surface area (Å²) < 4.78 is 33.6. The molecule has 0 unspecified atom stereocenters. The summed E-state index contributed by atoms with van der Waals surface area (Å²) >= 11 is 6.28. The molecule has 0 heterocycles. The zero-order chi connectivity index (χ0) is 14.7. The van der Waals surface area contributed by atoms with Gasteiger partial charge in [0.1, 0.15) is 24.0 Å². The van der Waals surface area contributed by atoms with Crippen LogP contribution >= 0.6 is 31.9 Å². The normalized spacial score (nSPS) is 10.7. The van der Waals surface area contributed by atoms with Crippen LogP contribution in [-0.2, 0) is 13.2 Å². The van der Waals surface area contributed by atoms with Crippen molar-refractivity contribution in [2.45, 2.75) is 13.2 Å². The maximum Gasteiger partial charge on any atom is 0.146 e. The maximum atomic E-state index is 13.8. The van der Waals surface area contributed by atoms with Gasteiger partial charge in [-0.3, -0.25) is 0 Å². The zero-order valence-electron chi connectivity index (χ0n) is 10.2. The highest BCUT2D eigenvalue weighted by Crippen LogP contribution is 2.26. The molecule has 0 atom stereocenters. The number of ether oxygens (including phenoxy) is 1. The van der Waals surface area contributed by atoms with Crippen LogP contribution in [0.15, 0.2) is 39.3 Å². The number of benzene rings is 2. The molecule has 0 aromatic heterocycles. The molecule has 0 radical (unpaired) electrons. The van der Waals surface area contributed by atoms with E-state index in [0.29, 0.717) is 11.3 Å². The van der Waals surface area contributed by atoms with Gasteiger partial charge in [-0.25, -0.2) is 8.78 Å².